The first-order chi connectivity index (χ1) is 19.7. The fourth-order valence-electron chi connectivity index (χ4n) is 5.00. The summed E-state index contributed by atoms with van der Waals surface area (Å²) in [4.78, 5) is 31.5. The molecule has 41 heavy (non-hydrogen) atoms. The SMILES string of the molecule is [C-]#[N+]c1ccc(Cn2c3ccccc3c3c(=O)n(CC(=O)N(CC)c4ccc5c(c4)OC(F)(F)O5)ncc32)c(F)c1. The average molecular weight is 560 g/mol. The van der Waals surface area contributed by atoms with Crippen molar-refractivity contribution < 1.29 is 27.4 Å². The zero-order valence-corrected chi connectivity index (χ0v) is 21.5. The van der Waals surface area contributed by atoms with Gasteiger partial charge in [0, 0.05) is 34.8 Å². The number of hydrogen-bond acceptors (Lipinski definition) is 5. The van der Waals surface area contributed by atoms with E-state index in [2.05, 4.69) is 19.4 Å². The van der Waals surface area contributed by atoms with Crippen molar-refractivity contribution in [1.82, 2.24) is 14.3 Å². The van der Waals surface area contributed by atoms with Crippen LogP contribution in [0, 0.1) is 12.4 Å². The van der Waals surface area contributed by atoms with Gasteiger partial charge in [0.25, 0.3) is 5.56 Å². The zero-order chi connectivity index (χ0) is 28.9. The Morgan fingerprint density at radius 2 is 1.85 bits per heavy atom. The lowest BCUT2D eigenvalue weighted by Crippen LogP contribution is -2.37. The van der Waals surface area contributed by atoms with Crippen molar-refractivity contribution >= 4 is 39.1 Å². The minimum atomic E-state index is -3.79. The molecule has 0 unspecified atom stereocenters. The fraction of sp³-hybridized carbons (Fsp3) is 0.172. The quantitative estimate of drug-likeness (QED) is 0.258. The molecule has 0 spiro atoms. The number of ether oxygens (including phenoxy) is 2. The summed E-state index contributed by atoms with van der Waals surface area (Å²) in [5.41, 5.74) is 1.41. The van der Waals surface area contributed by atoms with Gasteiger partial charge in [0.05, 0.1) is 30.2 Å². The normalized spacial score (nSPS) is 13.4. The van der Waals surface area contributed by atoms with Crippen LogP contribution in [0.1, 0.15) is 12.5 Å². The molecular formula is C29H20F3N5O4. The highest BCUT2D eigenvalue weighted by atomic mass is 19.3. The van der Waals surface area contributed by atoms with Crippen LogP contribution in [0.4, 0.5) is 24.5 Å². The molecule has 12 heteroatoms. The van der Waals surface area contributed by atoms with Crippen LogP contribution in [-0.4, -0.2) is 33.1 Å². The van der Waals surface area contributed by atoms with E-state index in [0.29, 0.717) is 27.4 Å². The smallest absolute Gasteiger partial charge is 0.395 e. The number of amides is 1. The fourth-order valence-corrected chi connectivity index (χ4v) is 5.00. The van der Waals surface area contributed by atoms with Crippen molar-refractivity contribution in [3.63, 3.8) is 0 Å². The Morgan fingerprint density at radius 1 is 1.07 bits per heavy atom. The van der Waals surface area contributed by atoms with Crippen LogP contribution in [0.2, 0.25) is 0 Å². The molecule has 0 saturated carbocycles. The number of alkyl halides is 2. The Morgan fingerprint density at radius 3 is 2.61 bits per heavy atom. The highest BCUT2D eigenvalue weighted by Gasteiger charge is 2.43. The number of para-hydroxylation sites is 1. The second kappa shape index (κ2) is 9.71. The van der Waals surface area contributed by atoms with E-state index in [1.807, 2.05) is 0 Å². The highest BCUT2D eigenvalue weighted by Crippen LogP contribution is 2.43. The Hall–Kier alpha value is -5.31. The van der Waals surface area contributed by atoms with Crippen molar-refractivity contribution in [2.45, 2.75) is 26.3 Å². The summed E-state index contributed by atoms with van der Waals surface area (Å²) >= 11 is 0. The summed E-state index contributed by atoms with van der Waals surface area (Å²) in [6.07, 6.45) is -2.34. The summed E-state index contributed by atoms with van der Waals surface area (Å²) in [5.74, 6) is -1.39. The predicted octanol–water partition coefficient (Wildman–Crippen LogP) is 5.46. The van der Waals surface area contributed by atoms with E-state index in [0.717, 1.165) is 10.7 Å². The van der Waals surface area contributed by atoms with Gasteiger partial charge >= 0.3 is 6.29 Å². The molecule has 9 nitrogen and oxygen atoms in total. The second-order valence-corrected chi connectivity index (χ2v) is 9.29. The molecule has 3 aromatic carbocycles. The Kier molecular flexibility index (Phi) is 6.14. The number of likely N-dealkylation sites (N-methyl/N-ethyl adjacent to an activating group) is 1. The number of fused-ring (bicyclic) bond motifs is 4. The topological polar surface area (TPSA) is 83.0 Å². The largest absolute Gasteiger partial charge is 0.586 e. The number of nitrogens with zero attached hydrogens (tertiary/aromatic N) is 5. The standard InChI is InChI=1S/C29H20F3N5O4/c1-3-35(19-10-11-24-25(13-19)41-29(31,32)40-24)26(38)16-37-28(39)27-20-6-4-5-7-22(20)36(23(27)14-34-37)15-17-8-9-18(33-2)12-21(17)30/h4-14H,3,15-16H2,1H3. The van der Waals surface area contributed by atoms with Crippen LogP contribution in [0.15, 0.2) is 71.7 Å². The number of benzene rings is 3. The molecule has 1 aliphatic heterocycles. The lowest BCUT2D eigenvalue weighted by Gasteiger charge is -2.21. The number of hydrogen-bond donors (Lipinski definition) is 0. The van der Waals surface area contributed by atoms with Crippen molar-refractivity contribution in [2.75, 3.05) is 11.4 Å². The van der Waals surface area contributed by atoms with Gasteiger partial charge in [-0.3, -0.25) is 9.59 Å². The third kappa shape index (κ3) is 4.51. The average Bonchev–Trinajstić information content (AvgIpc) is 3.44. The molecular weight excluding hydrogens is 539 g/mol. The lowest BCUT2D eigenvalue weighted by molar-refractivity contribution is -0.286. The summed E-state index contributed by atoms with van der Waals surface area (Å²) < 4.78 is 53.4. The molecule has 6 rings (SSSR count). The monoisotopic (exact) mass is 559 g/mol. The first kappa shape index (κ1) is 25.9. The Bertz CT molecular complexity index is 1960. The number of carbonyl (C=O) groups is 1. The van der Waals surface area contributed by atoms with Crippen LogP contribution >= 0.6 is 0 Å². The molecule has 1 aliphatic rings. The van der Waals surface area contributed by atoms with Gasteiger partial charge in [0.1, 0.15) is 12.4 Å². The number of aromatic nitrogens is 3. The molecule has 2 aromatic heterocycles. The van der Waals surface area contributed by atoms with Gasteiger partial charge in [-0.1, -0.05) is 30.3 Å². The first-order valence-electron chi connectivity index (χ1n) is 12.5. The van der Waals surface area contributed by atoms with Crippen LogP contribution in [0.25, 0.3) is 26.7 Å². The predicted molar refractivity (Wildman–Crippen MR) is 144 cm³/mol. The lowest BCUT2D eigenvalue weighted by atomic mass is 10.2. The van der Waals surface area contributed by atoms with E-state index in [4.69, 9.17) is 6.57 Å². The van der Waals surface area contributed by atoms with Crippen LogP contribution in [0.5, 0.6) is 11.5 Å². The van der Waals surface area contributed by atoms with Crippen molar-refractivity contribution in [3.05, 3.63) is 100 Å². The van der Waals surface area contributed by atoms with Gasteiger partial charge in [-0.25, -0.2) is 13.9 Å². The van der Waals surface area contributed by atoms with Gasteiger partial charge < -0.3 is 18.9 Å². The Labute approximate surface area is 230 Å². The van der Waals surface area contributed by atoms with Crippen LogP contribution < -0.4 is 19.9 Å². The number of carbonyl (C=O) groups excluding carboxylic acids is 1. The van der Waals surface area contributed by atoms with Gasteiger partial charge in [-0.2, -0.15) is 5.10 Å². The van der Waals surface area contributed by atoms with E-state index < -0.39 is 30.1 Å². The molecule has 3 heterocycles. The third-order valence-electron chi connectivity index (χ3n) is 6.87. The van der Waals surface area contributed by atoms with E-state index in [9.17, 15) is 22.8 Å². The second-order valence-electron chi connectivity index (χ2n) is 9.29. The molecule has 0 saturated heterocycles. The Balaban J connectivity index is 1.35. The van der Waals surface area contributed by atoms with Crippen molar-refractivity contribution in [1.29, 1.82) is 0 Å². The molecule has 0 N–H and O–H groups in total. The van der Waals surface area contributed by atoms with Gasteiger partial charge in [-0.05, 0) is 31.2 Å². The van der Waals surface area contributed by atoms with E-state index in [1.165, 1.54) is 41.4 Å². The summed E-state index contributed by atoms with van der Waals surface area (Å²) in [5, 5.41) is 5.16. The molecule has 206 valence electrons. The summed E-state index contributed by atoms with van der Waals surface area (Å²) in [6, 6.07) is 15.4. The molecule has 0 aliphatic carbocycles. The van der Waals surface area contributed by atoms with E-state index >= 15 is 0 Å². The maximum atomic E-state index is 14.7. The molecule has 0 radical (unpaired) electrons. The van der Waals surface area contributed by atoms with Crippen LogP contribution in [0.3, 0.4) is 0 Å². The first-order valence-corrected chi connectivity index (χ1v) is 12.5. The summed E-state index contributed by atoms with van der Waals surface area (Å²) in [7, 11) is 0. The maximum Gasteiger partial charge on any atom is 0.586 e. The zero-order valence-electron chi connectivity index (χ0n) is 21.5. The number of anilines is 1. The molecule has 0 bridgehead atoms. The van der Waals surface area contributed by atoms with Crippen molar-refractivity contribution in [3.8, 4) is 11.5 Å². The number of rotatable bonds is 6. The third-order valence-corrected chi connectivity index (χ3v) is 6.87. The molecule has 0 atom stereocenters. The van der Waals surface area contributed by atoms with Gasteiger partial charge in [0.2, 0.25) is 5.91 Å². The minimum absolute atomic E-state index is 0.0883. The van der Waals surface area contributed by atoms with Gasteiger partial charge in [-0.15, -0.1) is 8.78 Å². The van der Waals surface area contributed by atoms with Gasteiger partial charge in [0.15, 0.2) is 17.2 Å². The molecule has 0 fully saturated rings. The maximum absolute atomic E-state index is 14.7. The van der Waals surface area contributed by atoms with Crippen molar-refractivity contribution in [2.24, 2.45) is 0 Å². The summed E-state index contributed by atoms with van der Waals surface area (Å²) in [6.45, 7) is 8.65. The molecule has 1 amide bonds. The van der Waals surface area contributed by atoms with E-state index in [1.54, 1.807) is 35.8 Å². The highest BCUT2D eigenvalue weighted by molar-refractivity contribution is 6.07. The van der Waals surface area contributed by atoms with E-state index in [-0.39, 0.29) is 36.0 Å². The number of halogens is 3. The minimum Gasteiger partial charge on any atom is -0.395 e. The van der Waals surface area contributed by atoms with Crippen LogP contribution in [-0.2, 0) is 17.9 Å². The molecule has 5 aromatic rings.